The zero-order valence-electron chi connectivity index (χ0n) is 9.75. The van der Waals surface area contributed by atoms with Crippen LogP contribution >= 0.6 is 0 Å². The van der Waals surface area contributed by atoms with Gasteiger partial charge in [-0.05, 0) is 24.0 Å². The van der Waals surface area contributed by atoms with Gasteiger partial charge in [-0.25, -0.2) is 8.42 Å². The van der Waals surface area contributed by atoms with E-state index in [-0.39, 0.29) is 12.4 Å². The molecule has 94 valence electrons. The zero-order chi connectivity index (χ0) is 13.1. The Hall–Kier alpha value is -1.05. The third-order valence-corrected chi connectivity index (χ3v) is 3.12. The Kier molecular flexibility index (Phi) is 4.56. The molecule has 0 saturated carbocycles. The highest BCUT2D eigenvalue weighted by atomic mass is 32.2. The highest BCUT2D eigenvalue weighted by molar-refractivity contribution is 7.90. The second-order valence-corrected chi connectivity index (χ2v) is 6.14. The summed E-state index contributed by atoms with van der Waals surface area (Å²) in [5.74, 6) is 0.495. The van der Waals surface area contributed by atoms with Crippen LogP contribution < -0.4 is 10.2 Å². The van der Waals surface area contributed by atoms with Crippen molar-refractivity contribution in [1.82, 2.24) is 0 Å². The van der Waals surface area contributed by atoms with Gasteiger partial charge >= 0.3 is 7.12 Å². The smallest absolute Gasteiger partial charge is 0.488 e. The van der Waals surface area contributed by atoms with Gasteiger partial charge in [-0.2, -0.15) is 0 Å². The normalized spacial score (nSPS) is 11.3. The molecule has 1 aromatic carbocycles. The molecule has 7 heteroatoms. The number of hydrogen-bond donors (Lipinski definition) is 2. The Balaban J connectivity index is 2.67. The predicted molar refractivity (Wildman–Crippen MR) is 66.2 cm³/mol. The molecule has 0 bridgehead atoms. The summed E-state index contributed by atoms with van der Waals surface area (Å²) in [6, 6.07) is 4.69. The molecule has 0 radical (unpaired) electrons. The van der Waals surface area contributed by atoms with Crippen molar-refractivity contribution in [3.05, 3.63) is 23.8 Å². The van der Waals surface area contributed by atoms with E-state index >= 15 is 0 Å². The molecular weight excluding hydrogens is 243 g/mol. The summed E-state index contributed by atoms with van der Waals surface area (Å²) in [5, 5.41) is 17.9. The minimum Gasteiger partial charge on any atom is -0.492 e. The van der Waals surface area contributed by atoms with Crippen LogP contribution in [0.1, 0.15) is 5.56 Å². The van der Waals surface area contributed by atoms with Crippen LogP contribution in [0.4, 0.5) is 0 Å². The molecule has 0 aliphatic rings. The summed E-state index contributed by atoms with van der Waals surface area (Å²) in [4.78, 5) is 0. The van der Waals surface area contributed by atoms with Gasteiger partial charge in [-0.1, -0.05) is 12.1 Å². The molecule has 1 aromatic rings. The average molecular weight is 258 g/mol. The highest BCUT2D eigenvalue weighted by Gasteiger charge is 2.12. The van der Waals surface area contributed by atoms with E-state index in [0.717, 1.165) is 11.8 Å². The van der Waals surface area contributed by atoms with Crippen LogP contribution in [0.5, 0.6) is 5.75 Å². The quantitative estimate of drug-likeness (QED) is 0.668. The molecule has 0 amide bonds. The third-order valence-electron chi connectivity index (χ3n) is 2.21. The second-order valence-electron chi connectivity index (χ2n) is 3.88. The summed E-state index contributed by atoms with van der Waals surface area (Å²) < 4.78 is 27.1. The lowest BCUT2D eigenvalue weighted by Crippen LogP contribution is -2.29. The maximum absolute atomic E-state index is 10.9. The Morgan fingerprint density at radius 1 is 1.35 bits per heavy atom. The summed E-state index contributed by atoms with van der Waals surface area (Å²) in [6.07, 6.45) is 1.15. The Labute approximate surface area is 101 Å². The number of hydrogen-bond acceptors (Lipinski definition) is 5. The van der Waals surface area contributed by atoms with Crippen LogP contribution in [0.25, 0.3) is 0 Å². The van der Waals surface area contributed by atoms with Crippen LogP contribution in [0.3, 0.4) is 0 Å². The maximum Gasteiger partial charge on any atom is 0.488 e. The van der Waals surface area contributed by atoms with E-state index in [2.05, 4.69) is 0 Å². The third kappa shape index (κ3) is 4.76. The zero-order valence-corrected chi connectivity index (χ0v) is 10.6. The first kappa shape index (κ1) is 14.0. The van der Waals surface area contributed by atoms with E-state index in [4.69, 9.17) is 14.8 Å². The molecule has 2 N–H and O–H groups in total. The largest absolute Gasteiger partial charge is 0.492 e. The monoisotopic (exact) mass is 258 g/mol. The van der Waals surface area contributed by atoms with Crippen LogP contribution in [-0.2, 0) is 9.84 Å². The van der Waals surface area contributed by atoms with Gasteiger partial charge in [0.1, 0.15) is 12.4 Å². The molecule has 0 saturated heterocycles. The van der Waals surface area contributed by atoms with Gasteiger partial charge in [0.05, 0.1) is 5.75 Å². The molecule has 0 heterocycles. The highest BCUT2D eigenvalue weighted by Crippen LogP contribution is 2.15. The number of aryl methyl sites for hydroxylation is 1. The van der Waals surface area contributed by atoms with Crippen molar-refractivity contribution in [3.8, 4) is 5.75 Å². The Bertz CT molecular complexity index is 483. The average Bonchev–Trinajstić information content (AvgIpc) is 2.18. The molecule has 0 aliphatic heterocycles. The van der Waals surface area contributed by atoms with Crippen molar-refractivity contribution in [2.75, 3.05) is 18.6 Å². The predicted octanol–water partition coefficient (Wildman–Crippen LogP) is -0.902. The summed E-state index contributed by atoms with van der Waals surface area (Å²) in [7, 11) is -4.55. The first-order valence-electron chi connectivity index (χ1n) is 5.07. The fourth-order valence-corrected chi connectivity index (χ4v) is 1.68. The molecule has 17 heavy (non-hydrogen) atoms. The van der Waals surface area contributed by atoms with Crippen molar-refractivity contribution in [2.45, 2.75) is 6.92 Å². The molecule has 0 unspecified atom stereocenters. The van der Waals surface area contributed by atoms with Gasteiger partial charge in [0.2, 0.25) is 0 Å². The van der Waals surface area contributed by atoms with Crippen LogP contribution in [-0.4, -0.2) is 44.2 Å². The van der Waals surface area contributed by atoms with Gasteiger partial charge in [-0.3, -0.25) is 0 Å². The van der Waals surface area contributed by atoms with Crippen molar-refractivity contribution < 1.29 is 23.2 Å². The van der Waals surface area contributed by atoms with E-state index in [9.17, 15) is 8.42 Å². The number of rotatable bonds is 5. The van der Waals surface area contributed by atoms with E-state index < -0.39 is 17.0 Å². The van der Waals surface area contributed by atoms with Crippen LogP contribution in [0, 0.1) is 6.92 Å². The van der Waals surface area contributed by atoms with E-state index in [1.54, 1.807) is 19.1 Å². The fourth-order valence-electron chi connectivity index (χ4n) is 1.30. The summed E-state index contributed by atoms with van der Waals surface area (Å²) >= 11 is 0. The van der Waals surface area contributed by atoms with Crippen LogP contribution in [0.15, 0.2) is 18.2 Å². The molecule has 0 fully saturated rings. The minimum atomic E-state index is -3.03. The molecule has 0 atom stereocenters. The molecule has 0 aromatic heterocycles. The number of benzene rings is 1. The topological polar surface area (TPSA) is 83.8 Å². The lowest BCUT2D eigenvalue weighted by Gasteiger charge is -2.10. The lowest BCUT2D eigenvalue weighted by atomic mass is 9.79. The van der Waals surface area contributed by atoms with E-state index in [1.165, 1.54) is 6.07 Å². The van der Waals surface area contributed by atoms with E-state index in [0.29, 0.717) is 11.2 Å². The van der Waals surface area contributed by atoms with Gasteiger partial charge in [0.15, 0.2) is 9.84 Å². The Morgan fingerprint density at radius 3 is 2.47 bits per heavy atom. The minimum absolute atomic E-state index is 0.0448. The second kappa shape index (κ2) is 5.53. The maximum atomic E-state index is 10.9. The molecule has 1 rings (SSSR count). The molecular formula is C10H15BO5S. The van der Waals surface area contributed by atoms with Gasteiger partial charge < -0.3 is 14.8 Å². The van der Waals surface area contributed by atoms with Crippen molar-refractivity contribution >= 4 is 22.4 Å². The first-order valence-corrected chi connectivity index (χ1v) is 7.13. The van der Waals surface area contributed by atoms with E-state index in [1.807, 2.05) is 0 Å². The molecule has 0 spiro atoms. The summed E-state index contributed by atoms with van der Waals surface area (Å²) in [5.41, 5.74) is 1.10. The van der Waals surface area contributed by atoms with Crippen LogP contribution in [0.2, 0.25) is 0 Å². The molecule has 5 nitrogen and oxygen atoms in total. The lowest BCUT2D eigenvalue weighted by molar-refractivity contribution is 0.339. The SMILES string of the molecule is Cc1cc(B(O)O)ccc1OCCS(C)(=O)=O. The van der Waals surface area contributed by atoms with Gasteiger partial charge in [0, 0.05) is 6.26 Å². The summed E-state index contributed by atoms with van der Waals surface area (Å²) in [6.45, 7) is 1.84. The van der Waals surface area contributed by atoms with Gasteiger partial charge in [-0.15, -0.1) is 0 Å². The van der Waals surface area contributed by atoms with Crippen molar-refractivity contribution in [3.63, 3.8) is 0 Å². The standard InChI is InChI=1S/C10H15BO5S/c1-8-7-9(11(12)13)3-4-10(8)16-5-6-17(2,14)15/h3-4,7,12-13H,5-6H2,1-2H3. The first-order chi connectivity index (χ1) is 7.79. The van der Waals surface area contributed by atoms with Gasteiger partial charge in [0.25, 0.3) is 0 Å². The number of sulfone groups is 1. The number of ether oxygens (including phenoxy) is 1. The van der Waals surface area contributed by atoms with Crippen molar-refractivity contribution in [1.29, 1.82) is 0 Å². The molecule has 0 aliphatic carbocycles. The van der Waals surface area contributed by atoms with Crippen molar-refractivity contribution in [2.24, 2.45) is 0 Å². The fraction of sp³-hybridized carbons (Fsp3) is 0.400. The Morgan fingerprint density at radius 2 is 2.00 bits per heavy atom.